The van der Waals surface area contributed by atoms with E-state index in [-0.39, 0.29) is 22.2 Å². The van der Waals surface area contributed by atoms with E-state index in [0.717, 1.165) is 0 Å². The molecule has 0 aliphatic heterocycles. The Morgan fingerprint density at radius 2 is 1.29 bits per heavy atom. The summed E-state index contributed by atoms with van der Waals surface area (Å²) in [5, 5.41) is 2.75. The minimum atomic E-state index is -3.85. The Hall–Kier alpha value is -5.00. The first-order valence-corrected chi connectivity index (χ1v) is 15.7. The summed E-state index contributed by atoms with van der Waals surface area (Å²) in [5.41, 5.74) is 1.96. The van der Waals surface area contributed by atoms with E-state index in [1.54, 1.807) is 97.1 Å². The van der Waals surface area contributed by atoms with Crippen molar-refractivity contribution in [3.63, 3.8) is 0 Å². The molecule has 9 nitrogen and oxygen atoms in total. The Balaban J connectivity index is 1.28. The van der Waals surface area contributed by atoms with Crippen LogP contribution in [0.15, 0.2) is 143 Å². The predicted octanol–water partition coefficient (Wildman–Crippen LogP) is 5.53. The standard InChI is InChI=1S/C31H26N4O5S2/c36-31(33-26-18-20-28(21-19-26)41(37,38)34-30-13-7-8-22-32-30)25-16-14-24(15-17-25)23-35(27-9-3-1-4-10-27)42(39,40)29-11-5-2-6-12-29/h1-22H,23H2,(H,32,34)(H,33,36). The van der Waals surface area contributed by atoms with Crippen LogP contribution in [-0.2, 0) is 26.6 Å². The van der Waals surface area contributed by atoms with Gasteiger partial charge in [-0.05, 0) is 78.4 Å². The number of hydrogen-bond acceptors (Lipinski definition) is 6. The third-order valence-corrected chi connectivity index (χ3v) is 9.40. The number of pyridine rings is 1. The summed E-state index contributed by atoms with van der Waals surface area (Å²) in [4.78, 5) is 17.0. The van der Waals surface area contributed by atoms with E-state index in [0.29, 0.717) is 22.5 Å². The van der Waals surface area contributed by atoms with Crippen LogP contribution in [0.25, 0.3) is 0 Å². The Bertz CT molecular complexity index is 1870. The Labute approximate surface area is 244 Å². The van der Waals surface area contributed by atoms with Crippen molar-refractivity contribution in [3.05, 3.63) is 145 Å². The van der Waals surface area contributed by atoms with Gasteiger partial charge in [-0.1, -0.05) is 54.6 Å². The second-order valence-electron chi connectivity index (χ2n) is 9.16. The van der Waals surface area contributed by atoms with Gasteiger partial charge in [0.2, 0.25) is 0 Å². The molecule has 11 heteroatoms. The summed E-state index contributed by atoms with van der Waals surface area (Å²) in [6, 6.07) is 34.3. The Morgan fingerprint density at radius 1 is 0.667 bits per heavy atom. The molecule has 0 aliphatic carbocycles. The van der Waals surface area contributed by atoms with Gasteiger partial charge in [0, 0.05) is 17.4 Å². The molecule has 5 rings (SSSR count). The maximum absolute atomic E-state index is 13.5. The van der Waals surface area contributed by atoms with E-state index < -0.39 is 26.0 Å². The molecule has 0 fully saturated rings. The molecular weight excluding hydrogens is 572 g/mol. The van der Waals surface area contributed by atoms with Gasteiger partial charge in [0.15, 0.2) is 0 Å². The van der Waals surface area contributed by atoms with Crippen molar-refractivity contribution in [2.75, 3.05) is 14.3 Å². The summed E-state index contributed by atoms with van der Waals surface area (Å²) in [6.45, 7) is 0.0611. The number of carbonyl (C=O) groups excluding carboxylic acids is 1. The third-order valence-electron chi connectivity index (χ3n) is 6.24. The fourth-order valence-electron chi connectivity index (χ4n) is 4.10. The first-order valence-electron chi connectivity index (χ1n) is 12.8. The molecule has 2 N–H and O–H groups in total. The predicted molar refractivity (Wildman–Crippen MR) is 162 cm³/mol. The molecule has 0 saturated heterocycles. The molecule has 42 heavy (non-hydrogen) atoms. The maximum atomic E-state index is 13.5. The summed E-state index contributed by atoms with van der Waals surface area (Å²) in [5.74, 6) is -0.205. The van der Waals surface area contributed by atoms with E-state index in [2.05, 4.69) is 15.0 Å². The van der Waals surface area contributed by atoms with Gasteiger partial charge < -0.3 is 5.32 Å². The van der Waals surface area contributed by atoms with E-state index >= 15 is 0 Å². The SMILES string of the molecule is O=C(Nc1ccc(S(=O)(=O)Nc2ccccn2)cc1)c1ccc(CN(c2ccccc2)S(=O)(=O)c2ccccc2)cc1. The first-order chi connectivity index (χ1) is 20.2. The molecule has 0 spiro atoms. The van der Waals surface area contributed by atoms with Crippen molar-refractivity contribution in [2.24, 2.45) is 0 Å². The van der Waals surface area contributed by atoms with E-state index in [1.165, 1.54) is 34.8 Å². The lowest BCUT2D eigenvalue weighted by Gasteiger charge is -2.25. The van der Waals surface area contributed by atoms with Crippen molar-refractivity contribution in [3.8, 4) is 0 Å². The monoisotopic (exact) mass is 598 g/mol. The zero-order valence-electron chi connectivity index (χ0n) is 22.2. The highest BCUT2D eigenvalue weighted by Crippen LogP contribution is 2.26. The number of carbonyl (C=O) groups is 1. The second kappa shape index (κ2) is 12.2. The molecule has 0 bridgehead atoms. The number of para-hydroxylation sites is 1. The fourth-order valence-corrected chi connectivity index (χ4v) is 6.58. The normalized spacial score (nSPS) is 11.4. The van der Waals surface area contributed by atoms with Gasteiger partial charge in [-0.2, -0.15) is 0 Å². The van der Waals surface area contributed by atoms with Crippen molar-refractivity contribution in [1.29, 1.82) is 0 Å². The lowest BCUT2D eigenvalue weighted by atomic mass is 10.1. The molecule has 0 unspecified atom stereocenters. The molecule has 212 valence electrons. The molecule has 1 heterocycles. The molecule has 0 saturated carbocycles. The lowest BCUT2D eigenvalue weighted by Crippen LogP contribution is -2.30. The topological polar surface area (TPSA) is 126 Å². The van der Waals surface area contributed by atoms with Gasteiger partial charge in [0.25, 0.3) is 26.0 Å². The maximum Gasteiger partial charge on any atom is 0.264 e. The summed E-state index contributed by atoms with van der Waals surface area (Å²) in [7, 11) is -7.69. The molecule has 1 aromatic heterocycles. The van der Waals surface area contributed by atoms with Gasteiger partial charge in [-0.3, -0.25) is 13.8 Å². The van der Waals surface area contributed by atoms with Crippen LogP contribution in [-0.4, -0.2) is 27.7 Å². The van der Waals surface area contributed by atoms with Crippen LogP contribution in [0.4, 0.5) is 17.2 Å². The van der Waals surface area contributed by atoms with Crippen molar-refractivity contribution in [2.45, 2.75) is 16.3 Å². The van der Waals surface area contributed by atoms with Crippen LogP contribution in [0.2, 0.25) is 0 Å². The third kappa shape index (κ3) is 6.65. The Morgan fingerprint density at radius 3 is 1.90 bits per heavy atom. The van der Waals surface area contributed by atoms with Crippen LogP contribution < -0.4 is 14.3 Å². The number of anilines is 3. The smallest absolute Gasteiger partial charge is 0.264 e. The molecule has 0 atom stereocenters. The van der Waals surface area contributed by atoms with Crippen LogP contribution in [0, 0.1) is 0 Å². The lowest BCUT2D eigenvalue weighted by molar-refractivity contribution is 0.102. The van der Waals surface area contributed by atoms with Gasteiger partial charge in [0.05, 0.1) is 22.0 Å². The summed E-state index contributed by atoms with van der Waals surface area (Å²) >= 11 is 0. The Kier molecular flexibility index (Phi) is 8.32. The minimum Gasteiger partial charge on any atom is -0.322 e. The number of rotatable bonds is 10. The fraction of sp³-hybridized carbons (Fsp3) is 0.0323. The highest BCUT2D eigenvalue weighted by Gasteiger charge is 2.25. The first kappa shape index (κ1) is 28.5. The highest BCUT2D eigenvalue weighted by atomic mass is 32.2. The average Bonchev–Trinajstić information content (AvgIpc) is 3.01. The largest absolute Gasteiger partial charge is 0.322 e. The van der Waals surface area contributed by atoms with E-state index in [9.17, 15) is 21.6 Å². The van der Waals surface area contributed by atoms with Crippen LogP contribution >= 0.6 is 0 Å². The van der Waals surface area contributed by atoms with Gasteiger partial charge in [-0.15, -0.1) is 0 Å². The molecule has 4 aromatic carbocycles. The molecule has 0 aliphatic rings. The van der Waals surface area contributed by atoms with Crippen LogP contribution in [0.5, 0.6) is 0 Å². The zero-order valence-corrected chi connectivity index (χ0v) is 23.8. The number of amides is 1. The van der Waals surface area contributed by atoms with E-state index in [1.807, 2.05) is 6.07 Å². The van der Waals surface area contributed by atoms with Crippen molar-refractivity contribution >= 4 is 43.1 Å². The van der Waals surface area contributed by atoms with Crippen molar-refractivity contribution in [1.82, 2.24) is 4.98 Å². The number of aromatic nitrogens is 1. The molecule has 5 aromatic rings. The number of benzene rings is 4. The van der Waals surface area contributed by atoms with Gasteiger partial charge in [-0.25, -0.2) is 21.8 Å². The average molecular weight is 599 g/mol. The van der Waals surface area contributed by atoms with Crippen LogP contribution in [0.3, 0.4) is 0 Å². The molecule has 0 radical (unpaired) electrons. The second-order valence-corrected chi connectivity index (χ2v) is 12.7. The van der Waals surface area contributed by atoms with Crippen LogP contribution in [0.1, 0.15) is 15.9 Å². The number of nitrogens with one attached hydrogen (secondary N) is 2. The number of sulfonamides is 2. The molecular formula is C31H26N4O5S2. The van der Waals surface area contributed by atoms with E-state index in [4.69, 9.17) is 0 Å². The summed E-state index contributed by atoms with van der Waals surface area (Å²) < 4.78 is 56.0. The zero-order chi connectivity index (χ0) is 29.6. The van der Waals surface area contributed by atoms with Gasteiger partial charge >= 0.3 is 0 Å². The number of nitrogens with zero attached hydrogens (tertiary/aromatic N) is 2. The van der Waals surface area contributed by atoms with Crippen molar-refractivity contribution < 1.29 is 21.6 Å². The minimum absolute atomic E-state index is 0.0175. The summed E-state index contributed by atoms with van der Waals surface area (Å²) in [6.07, 6.45) is 1.48. The number of hydrogen-bond donors (Lipinski definition) is 2. The van der Waals surface area contributed by atoms with Gasteiger partial charge in [0.1, 0.15) is 5.82 Å². The molecule has 1 amide bonds. The highest BCUT2D eigenvalue weighted by molar-refractivity contribution is 7.93. The quantitative estimate of drug-likeness (QED) is 0.218.